The quantitative estimate of drug-likeness (QED) is 0.724. The number of anilines is 1. The maximum atomic E-state index is 5.28. The summed E-state index contributed by atoms with van der Waals surface area (Å²) < 4.78 is 5.28. The van der Waals surface area contributed by atoms with Crippen molar-refractivity contribution in [2.75, 3.05) is 25.1 Å². The van der Waals surface area contributed by atoms with Crippen molar-refractivity contribution in [3.8, 4) is 0 Å². The van der Waals surface area contributed by atoms with E-state index in [9.17, 15) is 0 Å². The molecule has 0 bridgehead atoms. The number of ether oxygens (including phenoxy) is 1. The Bertz CT molecular complexity index is 297. The molecule has 1 rings (SSSR count). The summed E-state index contributed by atoms with van der Waals surface area (Å²) in [6.45, 7) is 8.91. The van der Waals surface area contributed by atoms with E-state index in [1.165, 1.54) is 16.8 Å². The van der Waals surface area contributed by atoms with Gasteiger partial charge in [0.15, 0.2) is 0 Å². The summed E-state index contributed by atoms with van der Waals surface area (Å²) in [6, 6.07) is 6.48. The van der Waals surface area contributed by atoms with Crippen LogP contribution in [-0.4, -0.2) is 19.8 Å². The van der Waals surface area contributed by atoms with E-state index in [1.807, 2.05) is 6.92 Å². The Morgan fingerprint density at radius 1 is 1.27 bits per heavy atom. The average molecular weight is 207 g/mol. The molecule has 0 aliphatic heterocycles. The van der Waals surface area contributed by atoms with E-state index in [0.29, 0.717) is 0 Å². The lowest BCUT2D eigenvalue weighted by Crippen LogP contribution is -2.06. The molecule has 15 heavy (non-hydrogen) atoms. The molecular weight excluding hydrogens is 186 g/mol. The molecule has 0 aliphatic carbocycles. The molecular formula is C13H21NO. The molecule has 0 aromatic heterocycles. The third-order valence-electron chi connectivity index (χ3n) is 2.37. The van der Waals surface area contributed by atoms with Gasteiger partial charge in [0.25, 0.3) is 0 Å². The van der Waals surface area contributed by atoms with Crippen LogP contribution >= 0.6 is 0 Å². The van der Waals surface area contributed by atoms with Crippen molar-refractivity contribution in [1.82, 2.24) is 0 Å². The Labute approximate surface area is 92.6 Å². The summed E-state index contributed by atoms with van der Waals surface area (Å²) in [5.74, 6) is 0. The highest BCUT2D eigenvalue weighted by Crippen LogP contribution is 2.15. The molecule has 2 nitrogen and oxygen atoms in total. The van der Waals surface area contributed by atoms with Crippen LogP contribution in [0.1, 0.15) is 24.5 Å². The third-order valence-corrected chi connectivity index (χ3v) is 2.37. The van der Waals surface area contributed by atoms with Gasteiger partial charge in [0.1, 0.15) is 0 Å². The zero-order valence-corrected chi connectivity index (χ0v) is 9.97. The van der Waals surface area contributed by atoms with Crippen molar-refractivity contribution in [1.29, 1.82) is 0 Å². The Morgan fingerprint density at radius 3 is 2.73 bits per heavy atom. The highest BCUT2D eigenvalue weighted by atomic mass is 16.5. The Morgan fingerprint density at radius 2 is 2.07 bits per heavy atom. The van der Waals surface area contributed by atoms with Gasteiger partial charge >= 0.3 is 0 Å². The van der Waals surface area contributed by atoms with Crippen LogP contribution in [-0.2, 0) is 4.74 Å². The number of hydrogen-bond donors (Lipinski definition) is 1. The first-order valence-corrected chi connectivity index (χ1v) is 5.63. The summed E-state index contributed by atoms with van der Waals surface area (Å²) >= 11 is 0. The standard InChI is InChI=1S/C13H21NO/c1-4-15-9-5-8-14-13-7-6-11(2)10-12(13)3/h6-7,10,14H,4-5,8-9H2,1-3H3. The van der Waals surface area contributed by atoms with Crippen LogP contribution < -0.4 is 5.32 Å². The highest BCUT2D eigenvalue weighted by molar-refractivity contribution is 5.51. The second kappa shape index (κ2) is 6.46. The molecule has 84 valence electrons. The minimum absolute atomic E-state index is 0.809. The fourth-order valence-electron chi connectivity index (χ4n) is 1.55. The number of hydrogen-bond acceptors (Lipinski definition) is 2. The predicted octanol–water partition coefficient (Wildman–Crippen LogP) is 3.14. The van der Waals surface area contributed by atoms with E-state index in [4.69, 9.17) is 4.74 Å². The molecule has 1 aromatic rings. The maximum absolute atomic E-state index is 5.28. The van der Waals surface area contributed by atoms with Crippen LogP contribution in [0.15, 0.2) is 18.2 Å². The second-order valence-corrected chi connectivity index (χ2v) is 3.80. The molecule has 0 spiro atoms. The number of benzene rings is 1. The largest absolute Gasteiger partial charge is 0.385 e. The van der Waals surface area contributed by atoms with Gasteiger partial charge in [0.05, 0.1) is 0 Å². The fourth-order valence-corrected chi connectivity index (χ4v) is 1.55. The van der Waals surface area contributed by atoms with E-state index in [0.717, 1.165) is 26.2 Å². The molecule has 0 fully saturated rings. The molecule has 2 heteroatoms. The first-order chi connectivity index (χ1) is 7.24. The Hall–Kier alpha value is -1.02. The van der Waals surface area contributed by atoms with E-state index in [-0.39, 0.29) is 0 Å². The van der Waals surface area contributed by atoms with Gasteiger partial charge in [0.2, 0.25) is 0 Å². The van der Waals surface area contributed by atoms with Gasteiger partial charge in [-0.25, -0.2) is 0 Å². The summed E-state index contributed by atoms with van der Waals surface area (Å²) in [7, 11) is 0. The van der Waals surface area contributed by atoms with Crippen molar-refractivity contribution in [2.24, 2.45) is 0 Å². The van der Waals surface area contributed by atoms with E-state index in [2.05, 4.69) is 37.4 Å². The minimum Gasteiger partial charge on any atom is -0.385 e. The molecule has 1 aromatic carbocycles. The molecule has 0 heterocycles. The maximum Gasteiger partial charge on any atom is 0.0482 e. The lowest BCUT2D eigenvalue weighted by Gasteiger charge is -2.10. The van der Waals surface area contributed by atoms with Crippen molar-refractivity contribution in [3.63, 3.8) is 0 Å². The summed E-state index contributed by atoms with van der Waals surface area (Å²) in [4.78, 5) is 0. The molecule has 0 atom stereocenters. The number of rotatable bonds is 6. The smallest absolute Gasteiger partial charge is 0.0482 e. The van der Waals surface area contributed by atoms with Crippen LogP contribution in [0.5, 0.6) is 0 Å². The van der Waals surface area contributed by atoms with Crippen molar-refractivity contribution in [2.45, 2.75) is 27.2 Å². The molecule has 0 unspecified atom stereocenters. The SMILES string of the molecule is CCOCCCNc1ccc(C)cc1C. The molecule has 1 N–H and O–H groups in total. The normalized spacial score (nSPS) is 10.3. The van der Waals surface area contributed by atoms with Crippen LogP contribution in [0.2, 0.25) is 0 Å². The van der Waals surface area contributed by atoms with Crippen LogP contribution in [0.4, 0.5) is 5.69 Å². The zero-order chi connectivity index (χ0) is 11.1. The zero-order valence-electron chi connectivity index (χ0n) is 9.97. The van der Waals surface area contributed by atoms with Gasteiger partial charge < -0.3 is 10.1 Å². The summed E-state index contributed by atoms with van der Waals surface area (Å²) in [5.41, 5.74) is 3.86. The topological polar surface area (TPSA) is 21.3 Å². The lowest BCUT2D eigenvalue weighted by atomic mass is 10.1. The first-order valence-electron chi connectivity index (χ1n) is 5.63. The van der Waals surface area contributed by atoms with E-state index >= 15 is 0 Å². The summed E-state index contributed by atoms with van der Waals surface area (Å²) in [6.07, 6.45) is 1.06. The average Bonchev–Trinajstić information content (AvgIpc) is 2.20. The molecule has 0 saturated heterocycles. The molecule has 0 radical (unpaired) electrons. The fraction of sp³-hybridized carbons (Fsp3) is 0.538. The van der Waals surface area contributed by atoms with E-state index in [1.54, 1.807) is 0 Å². The van der Waals surface area contributed by atoms with Gasteiger partial charge in [-0.15, -0.1) is 0 Å². The van der Waals surface area contributed by atoms with Gasteiger partial charge in [0, 0.05) is 25.4 Å². The molecule has 0 amide bonds. The van der Waals surface area contributed by atoms with E-state index < -0.39 is 0 Å². The highest BCUT2D eigenvalue weighted by Gasteiger charge is 1.96. The van der Waals surface area contributed by atoms with Crippen molar-refractivity contribution < 1.29 is 4.74 Å². The van der Waals surface area contributed by atoms with Crippen LogP contribution in [0.3, 0.4) is 0 Å². The summed E-state index contributed by atoms with van der Waals surface area (Å²) in [5, 5.41) is 3.42. The lowest BCUT2D eigenvalue weighted by molar-refractivity contribution is 0.147. The van der Waals surface area contributed by atoms with Gasteiger partial charge in [-0.3, -0.25) is 0 Å². The van der Waals surface area contributed by atoms with Crippen LogP contribution in [0, 0.1) is 13.8 Å². The van der Waals surface area contributed by atoms with Crippen molar-refractivity contribution >= 4 is 5.69 Å². The second-order valence-electron chi connectivity index (χ2n) is 3.80. The monoisotopic (exact) mass is 207 g/mol. The third kappa shape index (κ3) is 4.34. The predicted molar refractivity (Wildman–Crippen MR) is 65.5 cm³/mol. The van der Waals surface area contributed by atoms with Crippen LogP contribution in [0.25, 0.3) is 0 Å². The number of nitrogens with one attached hydrogen (secondary N) is 1. The molecule has 0 saturated carbocycles. The Balaban J connectivity index is 2.31. The minimum atomic E-state index is 0.809. The van der Waals surface area contributed by atoms with Crippen molar-refractivity contribution in [3.05, 3.63) is 29.3 Å². The van der Waals surface area contributed by atoms with Gasteiger partial charge in [-0.05, 0) is 38.8 Å². The van der Waals surface area contributed by atoms with Gasteiger partial charge in [-0.2, -0.15) is 0 Å². The Kier molecular flexibility index (Phi) is 5.19. The number of aryl methyl sites for hydroxylation is 2. The van der Waals surface area contributed by atoms with Gasteiger partial charge in [-0.1, -0.05) is 17.7 Å². The first kappa shape index (κ1) is 12.1. The molecule has 0 aliphatic rings.